The summed E-state index contributed by atoms with van der Waals surface area (Å²) in [6.45, 7) is 8.63. The lowest BCUT2D eigenvalue weighted by Crippen LogP contribution is -2.55. The number of piperazine rings is 1. The van der Waals surface area contributed by atoms with Gasteiger partial charge in [-0.15, -0.1) is 11.3 Å². The first-order chi connectivity index (χ1) is 9.29. The van der Waals surface area contributed by atoms with Crippen molar-refractivity contribution in [1.82, 2.24) is 9.80 Å². The van der Waals surface area contributed by atoms with E-state index in [-0.39, 0.29) is 0 Å². The van der Waals surface area contributed by atoms with Crippen molar-refractivity contribution >= 4 is 11.3 Å². The summed E-state index contributed by atoms with van der Waals surface area (Å²) in [6.07, 6.45) is 5.40. The van der Waals surface area contributed by atoms with Crippen LogP contribution in [0.15, 0.2) is 17.5 Å². The Balaban J connectivity index is 1.77. The molecule has 0 spiro atoms. The highest BCUT2D eigenvalue weighted by molar-refractivity contribution is 7.10. The van der Waals surface area contributed by atoms with E-state index in [2.05, 4.69) is 41.2 Å². The number of hydrogen-bond acceptors (Lipinski definition) is 3. The van der Waals surface area contributed by atoms with Crippen molar-refractivity contribution in [3.05, 3.63) is 22.4 Å². The van der Waals surface area contributed by atoms with Gasteiger partial charge in [0.2, 0.25) is 0 Å². The zero-order valence-electron chi connectivity index (χ0n) is 12.2. The summed E-state index contributed by atoms with van der Waals surface area (Å²) < 4.78 is 0. The normalized spacial score (nSPS) is 30.4. The molecule has 1 aromatic heterocycles. The van der Waals surface area contributed by atoms with Gasteiger partial charge >= 0.3 is 0 Å². The number of thiophene rings is 1. The Morgan fingerprint density at radius 2 is 2.32 bits per heavy atom. The van der Waals surface area contributed by atoms with Crippen LogP contribution < -0.4 is 0 Å². The van der Waals surface area contributed by atoms with Crippen molar-refractivity contribution in [3.63, 3.8) is 0 Å². The fraction of sp³-hybridized carbons (Fsp3) is 0.750. The zero-order valence-corrected chi connectivity index (χ0v) is 13.0. The highest BCUT2D eigenvalue weighted by atomic mass is 32.1. The Morgan fingerprint density at radius 1 is 1.42 bits per heavy atom. The summed E-state index contributed by atoms with van der Waals surface area (Å²) in [5.74, 6) is 0. The smallest absolute Gasteiger partial charge is 0.0445 e. The summed E-state index contributed by atoms with van der Waals surface area (Å²) in [6, 6.07) is 6.73. The molecule has 0 N–H and O–H groups in total. The molecule has 2 aliphatic heterocycles. The predicted octanol–water partition coefficient (Wildman–Crippen LogP) is 3.76. The van der Waals surface area contributed by atoms with Crippen LogP contribution in [0.3, 0.4) is 0 Å². The molecular formula is C16H26N2S. The maximum atomic E-state index is 2.79. The lowest BCUT2D eigenvalue weighted by molar-refractivity contribution is 0.0252. The number of hydrogen-bond donors (Lipinski definition) is 0. The zero-order chi connectivity index (χ0) is 13.2. The average Bonchev–Trinajstić information content (AvgIpc) is 3.06. The van der Waals surface area contributed by atoms with Gasteiger partial charge in [0.15, 0.2) is 0 Å². The van der Waals surface area contributed by atoms with Crippen molar-refractivity contribution in [2.75, 3.05) is 19.6 Å². The van der Waals surface area contributed by atoms with Gasteiger partial charge in [0, 0.05) is 36.1 Å². The molecule has 3 heterocycles. The summed E-state index contributed by atoms with van der Waals surface area (Å²) in [5, 5.41) is 2.23. The third kappa shape index (κ3) is 2.74. The van der Waals surface area contributed by atoms with Gasteiger partial charge in [-0.05, 0) is 44.2 Å². The van der Waals surface area contributed by atoms with Gasteiger partial charge in [-0.25, -0.2) is 0 Å². The minimum Gasteiger partial charge on any atom is -0.298 e. The van der Waals surface area contributed by atoms with Crippen LogP contribution in [0, 0.1) is 0 Å². The Morgan fingerprint density at radius 3 is 3.05 bits per heavy atom. The quantitative estimate of drug-likeness (QED) is 0.827. The monoisotopic (exact) mass is 278 g/mol. The molecule has 2 aliphatic rings. The van der Waals surface area contributed by atoms with Crippen molar-refractivity contribution in [3.8, 4) is 0 Å². The summed E-state index contributed by atoms with van der Waals surface area (Å²) in [4.78, 5) is 7.08. The fourth-order valence-corrected chi connectivity index (χ4v) is 4.75. The second kappa shape index (κ2) is 5.94. The molecule has 2 nitrogen and oxygen atoms in total. The third-order valence-corrected chi connectivity index (χ3v) is 5.79. The van der Waals surface area contributed by atoms with E-state index >= 15 is 0 Å². The van der Waals surface area contributed by atoms with Crippen molar-refractivity contribution < 1.29 is 0 Å². The number of nitrogens with zero attached hydrogens (tertiary/aromatic N) is 2. The molecule has 3 rings (SSSR count). The largest absolute Gasteiger partial charge is 0.298 e. The minimum absolute atomic E-state index is 0.655. The van der Waals surface area contributed by atoms with Crippen LogP contribution in [-0.4, -0.2) is 41.5 Å². The van der Waals surface area contributed by atoms with E-state index in [4.69, 9.17) is 0 Å². The molecule has 1 aromatic rings. The maximum Gasteiger partial charge on any atom is 0.0445 e. The molecule has 3 atom stereocenters. The first-order valence-electron chi connectivity index (χ1n) is 7.82. The van der Waals surface area contributed by atoms with E-state index < -0.39 is 0 Å². The van der Waals surface area contributed by atoms with E-state index in [0.717, 1.165) is 6.04 Å². The molecule has 106 valence electrons. The van der Waals surface area contributed by atoms with E-state index in [1.165, 1.54) is 45.3 Å². The Bertz CT molecular complexity index is 389. The second-order valence-corrected chi connectivity index (χ2v) is 7.14. The highest BCUT2D eigenvalue weighted by Gasteiger charge is 2.37. The van der Waals surface area contributed by atoms with Gasteiger partial charge < -0.3 is 0 Å². The van der Waals surface area contributed by atoms with E-state index in [1.54, 1.807) is 4.88 Å². The molecule has 2 saturated heterocycles. The van der Waals surface area contributed by atoms with E-state index in [1.807, 2.05) is 11.3 Å². The molecule has 19 heavy (non-hydrogen) atoms. The minimum atomic E-state index is 0.655. The molecule has 2 fully saturated rings. The molecule has 0 saturated carbocycles. The fourth-order valence-electron chi connectivity index (χ4n) is 3.87. The summed E-state index contributed by atoms with van der Waals surface area (Å²) in [5.41, 5.74) is 0. The van der Waals surface area contributed by atoms with Gasteiger partial charge in [0.1, 0.15) is 0 Å². The molecule has 3 heteroatoms. The molecule has 0 aromatic carbocycles. The SMILES string of the molecule is CCCC(c1cccs1)N1CC2CCCN2CC1C. The summed E-state index contributed by atoms with van der Waals surface area (Å²) in [7, 11) is 0. The molecule has 0 radical (unpaired) electrons. The Hall–Kier alpha value is -0.380. The average molecular weight is 278 g/mol. The second-order valence-electron chi connectivity index (χ2n) is 6.16. The van der Waals surface area contributed by atoms with Gasteiger partial charge in [-0.3, -0.25) is 9.80 Å². The van der Waals surface area contributed by atoms with E-state index in [0.29, 0.717) is 12.1 Å². The molecule has 0 aliphatic carbocycles. The van der Waals surface area contributed by atoms with Crippen LogP contribution in [0.5, 0.6) is 0 Å². The number of fused-ring (bicyclic) bond motifs is 1. The summed E-state index contributed by atoms with van der Waals surface area (Å²) >= 11 is 1.94. The van der Waals surface area contributed by atoms with Crippen LogP contribution in [0.4, 0.5) is 0 Å². The van der Waals surface area contributed by atoms with Crippen molar-refractivity contribution in [1.29, 1.82) is 0 Å². The van der Waals surface area contributed by atoms with Crippen molar-refractivity contribution in [2.24, 2.45) is 0 Å². The van der Waals surface area contributed by atoms with Gasteiger partial charge in [0.05, 0.1) is 0 Å². The predicted molar refractivity (Wildman–Crippen MR) is 82.7 cm³/mol. The first-order valence-corrected chi connectivity index (χ1v) is 8.70. The molecule has 0 bridgehead atoms. The number of rotatable bonds is 4. The van der Waals surface area contributed by atoms with Crippen LogP contribution in [0.2, 0.25) is 0 Å². The molecule has 0 amide bonds. The molecular weight excluding hydrogens is 252 g/mol. The lowest BCUT2D eigenvalue weighted by atomic mass is 10.0. The van der Waals surface area contributed by atoms with Gasteiger partial charge in [-0.2, -0.15) is 0 Å². The van der Waals surface area contributed by atoms with Crippen LogP contribution in [0.25, 0.3) is 0 Å². The third-order valence-electron chi connectivity index (χ3n) is 4.82. The van der Waals surface area contributed by atoms with Crippen LogP contribution in [0.1, 0.15) is 50.4 Å². The lowest BCUT2D eigenvalue weighted by Gasteiger charge is -2.46. The maximum absolute atomic E-state index is 2.79. The van der Waals surface area contributed by atoms with Gasteiger partial charge in [-0.1, -0.05) is 19.4 Å². The van der Waals surface area contributed by atoms with Crippen molar-refractivity contribution in [2.45, 2.75) is 57.7 Å². The standard InChI is InChI=1S/C16H26N2S/c1-3-6-15(16-8-5-10-19-16)18-12-14-7-4-9-17(14)11-13(18)2/h5,8,10,13-15H,3-4,6-7,9,11-12H2,1-2H3. The van der Waals surface area contributed by atoms with Crippen LogP contribution in [-0.2, 0) is 0 Å². The topological polar surface area (TPSA) is 6.48 Å². The highest BCUT2D eigenvalue weighted by Crippen LogP contribution is 2.35. The van der Waals surface area contributed by atoms with E-state index in [9.17, 15) is 0 Å². The Kier molecular flexibility index (Phi) is 4.25. The Labute approximate surface area is 121 Å². The first kappa shape index (κ1) is 13.6. The van der Waals surface area contributed by atoms with Gasteiger partial charge in [0.25, 0.3) is 0 Å². The van der Waals surface area contributed by atoms with Crippen LogP contribution >= 0.6 is 11.3 Å². The molecule has 3 unspecified atom stereocenters.